The average Bonchev–Trinajstić information content (AvgIpc) is 2.33. The second kappa shape index (κ2) is 6.63. The maximum Gasteiger partial charge on any atom is 0.128 e. The van der Waals surface area contributed by atoms with Crippen molar-refractivity contribution in [1.29, 1.82) is 5.26 Å². The lowest BCUT2D eigenvalue weighted by Crippen LogP contribution is -1.99. The van der Waals surface area contributed by atoms with Crippen LogP contribution in [0, 0.1) is 25.2 Å². The minimum absolute atomic E-state index is 0.347. The van der Waals surface area contributed by atoms with Gasteiger partial charge in [-0.3, -0.25) is 4.68 Å². The van der Waals surface area contributed by atoms with Gasteiger partial charge in [-0.15, -0.1) is 12.6 Å². The van der Waals surface area contributed by atoms with Gasteiger partial charge >= 0.3 is 0 Å². The van der Waals surface area contributed by atoms with Crippen molar-refractivity contribution in [2.45, 2.75) is 20.4 Å². The Morgan fingerprint density at radius 1 is 1.77 bits per heavy atom. The van der Waals surface area contributed by atoms with Gasteiger partial charge in [-0.05, 0) is 19.9 Å². The normalized spacial score (nSPS) is 8.15. The molecule has 0 atom stereocenters. The van der Waals surface area contributed by atoms with Crippen LogP contribution in [0.2, 0.25) is 0 Å². The predicted octanol–water partition coefficient (Wildman–Crippen LogP) is 1.90. The summed E-state index contributed by atoms with van der Waals surface area (Å²) in [5.74, 6) is 0. The number of nitrogens with zero attached hydrogens (tertiary/aromatic N) is 3. The van der Waals surface area contributed by atoms with Crippen LogP contribution in [-0.4, -0.2) is 14.5 Å². The van der Waals surface area contributed by atoms with Crippen molar-refractivity contribution in [3.63, 3.8) is 0 Å². The monoisotopic (exact) mass is 213 g/mol. The molecule has 0 bridgehead atoms. The molecule has 0 saturated heterocycles. The minimum Gasteiger partial charge on any atom is -0.255 e. The summed E-state index contributed by atoms with van der Waals surface area (Å²) in [6.07, 6.45) is 0. The number of aromatic nitrogens is 2. The molecule has 0 aromatic carbocycles. The third-order valence-electron chi connectivity index (χ3n) is 1.32. The maximum absolute atomic E-state index is 8.34. The van der Waals surface area contributed by atoms with Gasteiger partial charge in [0.1, 0.15) is 6.54 Å². The quantitative estimate of drug-likeness (QED) is 0.572. The summed E-state index contributed by atoms with van der Waals surface area (Å²) in [6, 6.07) is 3.99. The highest BCUT2D eigenvalue weighted by Crippen LogP contribution is 1.99. The fourth-order valence-electron chi connectivity index (χ4n) is 0.902. The molecule has 0 unspecified atom stereocenters. The molecule has 0 spiro atoms. The third kappa shape index (κ3) is 4.65. The Morgan fingerprint density at radius 3 is 2.62 bits per heavy atom. The summed E-state index contributed by atoms with van der Waals surface area (Å²) in [5, 5.41) is 12.4. The molecule has 3 nitrogen and oxygen atoms in total. The smallest absolute Gasteiger partial charge is 0.128 e. The van der Waals surface area contributed by atoms with Gasteiger partial charge in [0.25, 0.3) is 0 Å². The van der Waals surface area contributed by atoms with E-state index in [0.717, 1.165) is 11.4 Å². The van der Waals surface area contributed by atoms with Gasteiger partial charge in [0, 0.05) is 10.4 Å². The fraction of sp³-hybridized carbons (Fsp3) is 0.375. The van der Waals surface area contributed by atoms with E-state index in [4.69, 9.17) is 5.26 Å². The van der Waals surface area contributed by atoms with Crippen molar-refractivity contribution >= 4 is 29.5 Å². The molecule has 0 radical (unpaired) electrons. The highest BCUT2D eigenvalue weighted by molar-refractivity contribution is 8.08. The second-order valence-corrected chi connectivity index (χ2v) is 3.19. The van der Waals surface area contributed by atoms with Crippen LogP contribution < -0.4 is 0 Å². The SMILES string of the molecule is Cc1cc(C)n(CC#N)n1.S=CS. The van der Waals surface area contributed by atoms with E-state index in [-0.39, 0.29) is 0 Å². The first-order valence-corrected chi connectivity index (χ1v) is 4.60. The number of nitriles is 1. The molecule has 5 heteroatoms. The van der Waals surface area contributed by atoms with E-state index in [1.165, 1.54) is 4.70 Å². The summed E-state index contributed by atoms with van der Waals surface area (Å²) in [6.45, 7) is 4.21. The highest BCUT2D eigenvalue weighted by Gasteiger charge is 1.97. The molecule has 0 saturated carbocycles. The zero-order valence-electron chi connectivity index (χ0n) is 7.56. The van der Waals surface area contributed by atoms with Crippen LogP contribution in [-0.2, 0) is 6.54 Å². The van der Waals surface area contributed by atoms with Crippen molar-refractivity contribution in [1.82, 2.24) is 9.78 Å². The molecule has 1 heterocycles. The van der Waals surface area contributed by atoms with Crippen molar-refractivity contribution in [3.05, 3.63) is 17.5 Å². The summed E-state index contributed by atoms with van der Waals surface area (Å²) >= 11 is 7.61. The standard InChI is InChI=1S/C7H9N3.CH2S2/c1-6-5-7(2)10(9-6)4-3-8;2-1-3/h5H,4H2,1-2H3;1H,(H,2,3). The molecule has 0 aliphatic heterocycles. The first kappa shape index (κ1) is 12.1. The molecule has 0 aliphatic rings. The van der Waals surface area contributed by atoms with Gasteiger partial charge in [-0.1, -0.05) is 12.2 Å². The molecule has 1 aromatic heterocycles. The molecular weight excluding hydrogens is 202 g/mol. The minimum atomic E-state index is 0.347. The van der Waals surface area contributed by atoms with E-state index in [2.05, 4.69) is 29.9 Å². The van der Waals surface area contributed by atoms with Gasteiger partial charge in [0.05, 0.1) is 11.8 Å². The summed E-state index contributed by atoms with van der Waals surface area (Å²) in [4.78, 5) is 0. The van der Waals surface area contributed by atoms with Crippen LogP contribution in [0.1, 0.15) is 11.4 Å². The van der Waals surface area contributed by atoms with E-state index < -0.39 is 0 Å². The maximum atomic E-state index is 8.34. The second-order valence-electron chi connectivity index (χ2n) is 2.35. The molecule has 70 valence electrons. The van der Waals surface area contributed by atoms with Gasteiger partial charge in [0.2, 0.25) is 0 Å². The zero-order chi connectivity index (χ0) is 10.3. The summed E-state index contributed by atoms with van der Waals surface area (Å²) in [7, 11) is 0. The third-order valence-corrected chi connectivity index (χ3v) is 1.32. The summed E-state index contributed by atoms with van der Waals surface area (Å²) in [5.41, 5.74) is 2.01. The van der Waals surface area contributed by atoms with Gasteiger partial charge in [-0.2, -0.15) is 10.4 Å². The Labute approximate surface area is 88.8 Å². The van der Waals surface area contributed by atoms with E-state index in [0.29, 0.717) is 6.54 Å². The van der Waals surface area contributed by atoms with E-state index in [9.17, 15) is 0 Å². The molecular formula is C8H11N3S2. The molecule has 0 amide bonds. The van der Waals surface area contributed by atoms with Gasteiger partial charge < -0.3 is 0 Å². The van der Waals surface area contributed by atoms with Crippen LogP contribution >= 0.6 is 24.8 Å². The lowest BCUT2D eigenvalue weighted by molar-refractivity contribution is 0.679. The topological polar surface area (TPSA) is 41.6 Å². The number of thiocarbonyl (C=S) groups is 1. The van der Waals surface area contributed by atoms with Crippen molar-refractivity contribution < 1.29 is 0 Å². The van der Waals surface area contributed by atoms with Gasteiger partial charge in [-0.25, -0.2) is 0 Å². The van der Waals surface area contributed by atoms with Crippen LogP contribution in [0.5, 0.6) is 0 Å². The molecule has 0 aliphatic carbocycles. The Hall–Kier alpha value is -0.860. The van der Waals surface area contributed by atoms with Crippen LogP contribution in [0.25, 0.3) is 0 Å². The van der Waals surface area contributed by atoms with Crippen molar-refractivity contribution in [2.75, 3.05) is 0 Å². The molecule has 1 aromatic rings. The Balaban J connectivity index is 0.000000424. The largest absolute Gasteiger partial charge is 0.255 e. The number of hydrogen-bond acceptors (Lipinski definition) is 3. The molecule has 13 heavy (non-hydrogen) atoms. The molecule has 0 fully saturated rings. The fourth-order valence-corrected chi connectivity index (χ4v) is 0.902. The summed E-state index contributed by atoms with van der Waals surface area (Å²) < 4.78 is 2.97. The molecule has 0 N–H and O–H groups in total. The predicted molar refractivity (Wildman–Crippen MR) is 60.0 cm³/mol. The number of aryl methyl sites for hydroxylation is 2. The number of hydrogen-bond donors (Lipinski definition) is 1. The molecule has 1 rings (SSSR count). The van der Waals surface area contributed by atoms with Crippen LogP contribution in [0.3, 0.4) is 0 Å². The van der Waals surface area contributed by atoms with Crippen LogP contribution in [0.4, 0.5) is 0 Å². The van der Waals surface area contributed by atoms with E-state index in [1.807, 2.05) is 26.0 Å². The van der Waals surface area contributed by atoms with Crippen molar-refractivity contribution in [3.8, 4) is 6.07 Å². The number of thiol groups is 1. The first-order chi connectivity index (χ1) is 6.15. The number of rotatable bonds is 1. The van der Waals surface area contributed by atoms with E-state index in [1.54, 1.807) is 4.68 Å². The Morgan fingerprint density at radius 2 is 2.31 bits per heavy atom. The average molecular weight is 213 g/mol. The zero-order valence-corrected chi connectivity index (χ0v) is 9.27. The Kier molecular flexibility index (Phi) is 6.20. The lowest BCUT2D eigenvalue weighted by atomic mass is 10.4. The van der Waals surface area contributed by atoms with E-state index >= 15 is 0 Å². The highest BCUT2D eigenvalue weighted by atomic mass is 32.1. The van der Waals surface area contributed by atoms with Crippen molar-refractivity contribution in [2.24, 2.45) is 0 Å². The lowest BCUT2D eigenvalue weighted by Gasteiger charge is -1.93. The van der Waals surface area contributed by atoms with Crippen LogP contribution in [0.15, 0.2) is 6.07 Å². The Bertz CT molecular complexity index is 312. The first-order valence-electron chi connectivity index (χ1n) is 3.61. The van der Waals surface area contributed by atoms with Gasteiger partial charge in [0.15, 0.2) is 0 Å².